The quantitative estimate of drug-likeness (QED) is 0.626. The number of nitrogens with zero attached hydrogens (tertiary/aromatic N) is 1. The predicted octanol–water partition coefficient (Wildman–Crippen LogP) is -1.08. The maximum absolute atomic E-state index is 11.4. The van der Waals surface area contributed by atoms with Gasteiger partial charge in [-0.25, -0.2) is 0 Å². The van der Waals surface area contributed by atoms with Gasteiger partial charge < -0.3 is 15.8 Å². The summed E-state index contributed by atoms with van der Waals surface area (Å²) in [5.41, 5.74) is 5.56. The second kappa shape index (κ2) is 4.92. The van der Waals surface area contributed by atoms with Gasteiger partial charge >= 0.3 is 0 Å². The Kier molecular flexibility index (Phi) is 3.56. The molecule has 0 radical (unpaired) electrons. The molecule has 2 atom stereocenters. The summed E-state index contributed by atoms with van der Waals surface area (Å²) in [6.07, 6.45) is 2.57. The first-order chi connectivity index (χ1) is 7.28. The number of hydrogen-bond acceptors (Lipinski definition) is 4. The lowest BCUT2D eigenvalue weighted by Crippen LogP contribution is -2.57. The average Bonchev–Trinajstić information content (AvgIpc) is 2.69. The highest BCUT2D eigenvalue weighted by Crippen LogP contribution is 2.14. The summed E-state index contributed by atoms with van der Waals surface area (Å²) < 4.78 is 5.56. The normalized spacial score (nSPS) is 33.0. The van der Waals surface area contributed by atoms with Crippen molar-refractivity contribution in [1.29, 1.82) is 0 Å². The number of carbonyl (C=O) groups excluding carboxylic acids is 1. The van der Waals surface area contributed by atoms with Gasteiger partial charge in [-0.15, -0.1) is 0 Å². The van der Waals surface area contributed by atoms with Crippen molar-refractivity contribution in [3.05, 3.63) is 0 Å². The molecule has 0 aromatic rings. The van der Waals surface area contributed by atoms with E-state index in [-0.39, 0.29) is 11.9 Å². The summed E-state index contributed by atoms with van der Waals surface area (Å²) in [4.78, 5) is 13.5. The second-order valence-corrected chi connectivity index (χ2v) is 4.33. The third-order valence-corrected chi connectivity index (χ3v) is 2.98. The van der Waals surface area contributed by atoms with Crippen molar-refractivity contribution in [2.45, 2.75) is 25.0 Å². The van der Waals surface area contributed by atoms with Crippen LogP contribution in [0.1, 0.15) is 12.8 Å². The van der Waals surface area contributed by atoms with Gasteiger partial charge in [-0.05, 0) is 12.8 Å². The van der Waals surface area contributed by atoms with Crippen molar-refractivity contribution >= 4 is 5.91 Å². The number of carbonyl (C=O) groups is 1. The van der Waals surface area contributed by atoms with E-state index in [1.807, 2.05) is 0 Å². The SMILES string of the molecule is NCC1CN(CC2CCCO2)CC(=O)N1. The summed E-state index contributed by atoms with van der Waals surface area (Å²) >= 11 is 0. The molecule has 2 aliphatic rings. The van der Waals surface area contributed by atoms with E-state index < -0.39 is 0 Å². The van der Waals surface area contributed by atoms with Gasteiger partial charge in [0.25, 0.3) is 0 Å². The van der Waals surface area contributed by atoms with Gasteiger partial charge in [-0.3, -0.25) is 9.69 Å². The molecule has 2 heterocycles. The predicted molar refractivity (Wildman–Crippen MR) is 56.4 cm³/mol. The zero-order valence-electron chi connectivity index (χ0n) is 8.95. The number of rotatable bonds is 3. The van der Waals surface area contributed by atoms with Crippen molar-refractivity contribution in [2.24, 2.45) is 5.73 Å². The van der Waals surface area contributed by atoms with Gasteiger partial charge in [0, 0.05) is 26.2 Å². The summed E-state index contributed by atoms with van der Waals surface area (Å²) in [5.74, 6) is 0.0784. The first kappa shape index (κ1) is 10.9. The Balaban J connectivity index is 1.82. The molecule has 0 saturated carbocycles. The van der Waals surface area contributed by atoms with Gasteiger partial charge in [-0.2, -0.15) is 0 Å². The second-order valence-electron chi connectivity index (χ2n) is 4.33. The van der Waals surface area contributed by atoms with E-state index in [1.165, 1.54) is 0 Å². The van der Waals surface area contributed by atoms with E-state index >= 15 is 0 Å². The van der Waals surface area contributed by atoms with Crippen LogP contribution in [0.4, 0.5) is 0 Å². The Bertz CT molecular complexity index is 229. The van der Waals surface area contributed by atoms with Crippen LogP contribution in [0.5, 0.6) is 0 Å². The molecule has 2 saturated heterocycles. The molecular formula is C10H19N3O2. The van der Waals surface area contributed by atoms with E-state index in [4.69, 9.17) is 10.5 Å². The van der Waals surface area contributed by atoms with Crippen molar-refractivity contribution in [2.75, 3.05) is 32.8 Å². The van der Waals surface area contributed by atoms with Crippen LogP contribution in [-0.4, -0.2) is 55.7 Å². The standard InChI is InChI=1S/C10H19N3O2/c11-4-8-5-13(7-10(14)12-8)6-9-2-1-3-15-9/h8-9H,1-7,11H2,(H,12,14). The van der Waals surface area contributed by atoms with Crippen molar-refractivity contribution in [1.82, 2.24) is 10.2 Å². The Hall–Kier alpha value is -0.650. The minimum absolute atomic E-state index is 0.0784. The molecule has 0 bridgehead atoms. The summed E-state index contributed by atoms with van der Waals surface area (Å²) in [7, 11) is 0. The molecule has 5 heteroatoms. The van der Waals surface area contributed by atoms with Gasteiger partial charge in [0.05, 0.1) is 18.7 Å². The Morgan fingerprint density at radius 3 is 3.13 bits per heavy atom. The van der Waals surface area contributed by atoms with Crippen LogP contribution in [0.3, 0.4) is 0 Å². The largest absolute Gasteiger partial charge is 0.377 e. The molecule has 0 aromatic carbocycles. The summed E-state index contributed by atoms with van der Waals surface area (Å²) in [5, 5.41) is 2.87. The number of hydrogen-bond donors (Lipinski definition) is 2. The Labute approximate surface area is 89.9 Å². The van der Waals surface area contributed by atoms with Crippen LogP contribution in [-0.2, 0) is 9.53 Å². The smallest absolute Gasteiger partial charge is 0.234 e. The van der Waals surface area contributed by atoms with Gasteiger partial charge in [0.1, 0.15) is 0 Å². The van der Waals surface area contributed by atoms with Gasteiger partial charge in [0.2, 0.25) is 5.91 Å². The number of ether oxygens (including phenoxy) is 1. The van der Waals surface area contributed by atoms with Crippen molar-refractivity contribution in [3.63, 3.8) is 0 Å². The number of nitrogens with one attached hydrogen (secondary N) is 1. The highest BCUT2D eigenvalue weighted by molar-refractivity contribution is 5.79. The minimum atomic E-state index is 0.0784. The van der Waals surface area contributed by atoms with Crippen molar-refractivity contribution in [3.8, 4) is 0 Å². The van der Waals surface area contributed by atoms with Crippen LogP contribution in [0.15, 0.2) is 0 Å². The highest BCUT2D eigenvalue weighted by Gasteiger charge is 2.26. The molecule has 3 N–H and O–H groups in total. The molecule has 0 aliphatic carbocycles. The topological polar surface area (TPSA) is 67.6 Å². The fraction of sp³-hybridized carbons (Fsp3) is 0.900. The minimum Gasteiger partial charge on any atom is -0.377 e. The summed E-state index contributed by atoms with van der Waals surface area (Å²) in [6.45, 7) is 3.57. The fourth-order valence-corrected chi connectivity index (χ4v) is 2.25. The third-order valence-electron chi connectivity index (χ3n) is 2.98. The first-order valence-electron chi connectivity index (χ1n) is 5.61. The zero-order chi connectivity index (χ0) is 10.7. The fourth-order valence-electron chi connectivity index (χ4n) is 2.25. The van der Waals surface area contributed by atoms with Crippen LogP contribution in [0.25, 0.3) is 0 Å². The maximum atomic E-state index is 11.4. The number of piperazine rings is 1. The number of amides is 1. The molecule has 2 rings (SSSR count). The molecule has 0 spiro atoms. The molecular weight excluding hydrogens is 194 g/mol. The Morgan fingerprint density at radius 2 is 2.47 bits per heavy atom. The molecule has 2 fully saturated rings. The van der Waals surface area contributed by atoms with Crippen LogP contribution >= 0.6 is 0 Å². The maximum Gasteiger partial charge on any atom is 0.234 e. The molecule has 15 heavy (non-hydrogen) atoms. The lowest BCUT2D eigenvalue weighted by Gasteiger charge is -2.33. The number of nitrogens with two attached hydrogens (primary N) is 1. The van der Waals surface area contributed by atoms with E-state index in [0.717, 1.165) is 32.5 Å². The zero-order valence-corrected chi connectivity index (χ0v) is 8.95. The Morgan fingerprint density at radius 1 is 1.60 bits per heavy atom. The molecule has 2 aliphatic heterocycles. The summed E-state index contributed by atoms with van der Waals surface area (Å²) in [6, 6.07) is 0.104. The highest BCUT2D eigenvalue weighted by atomic mass is 16.5. The molecule has 1 amide bonds. The first-order valence-corrected chi connectivity index (χ1v) is 5.61. The van der Waals surface area contributed by atoms with Gasteiger partial charge in [-0.1, -0.05) is 0 Å². The van der Waals surface area contributed by atoms with Crippen LogP contribution in [0.2, 0.25) is 0 Å². The average molecular weight is 213 g/mol. The van der Waals surface area contributed by atoms with Crippen molar-refractivity contribution < 1.29 is 9.53 Å². The van der Waals surface area contributed by atoms with E-state index in [0.29, 0.717) is 19.2 Å². The molecule has 2 unspecified atom stereocenters. The monoisotopic (exact) mass is 213 g/mol. The van der Waals surface area contributed by atoms with E-state index in [9.17, 15) is 4.79 Å². The van der Waals surface area contributed by atoms with Gasteiger partial charge in [0.15, 0.2) is 0 Å². The molecule has 86 valence electrons. The third kappa shape index (κ3) is 2.90. The lowest BCUT2D eigenvalue weighted by atomic mass is 10.1. The van der Waals surface area contributed by atoms with E-state index in [1.54, 1.807) is 0 Å². The van der Waals surface area contributed by atoms with Crippen LogP contribution < -0.4 is 11.1 Å². The van der Waals surface area contributed by atoms with E-state index in [2.05, 4.69) is 10.2 Å². The van der Waals surface area contributed by atoms with Crippen LogP contribution in [0, 0.1) is 0 Å². The lowest BCUT2D eigenvalue weighted by molar-refractivity contribution is -0.125. The molecule has 0 aromatic heterocycles. The molecule has 5 nitrogen and oxygen atoms in total.